The molecule has 150 valence electrons. The molecule has 1 aromatic carbocycles. The molecule has 3 aliphatic rings. The molecule has 2 saturated heterocycles. The van der Waals surface area contributed by atoms with Gasteiger partial charge in [0.05, 0.1) is 0 Å². The number of hydrogen-bond donors (Lipinski definition) is 3. The van der Waals surface area contributed by atoms with Crippen LogP contribution in [0.4, 0.5) is 0 Å². The van der Waals surface area contributed by atoms with Crippen molar-refractivity contribution in [3.63, 3.8) is 0 Å². The lowest BCUT2D eigenvalue weighted by atomic mass is 9.86. The Balaban J connectivity index is 1.50. The van der Waals surface area contributed by atoms with Crippen molar-refractivity contribution in [2.45, 2.75) is 57.8 Å². The summed E-state index contributed by atoms with van der Waals surface area (Å²) in [6.45, 7) is 7.65. The van der Waals surface area contributed by atoms with Gasteiger partial charge in [0.1, 0.15) is 6.04 Å². The number of benzene rings is 1. The van der Waals surface area contributed by atoms with Crippen molar-refractivity contribution in [3.05, 3.63) is 34.9 Å². The number of amides is 3. The van der Waals surface area contributed by atoms with Crippen LogP contribution in [0.5, 0.6) is 0 Å². The average molecular weight is 384 g/mol. The number of nitrogens with zero attached hydrogens (tertiary/aromatic N) is 1. The summed E-state index contributed by atoms with van der Waals surface area (Å²) in [7, 11) is 0. The maximum absolute atomic E-state index is 12.9. The maximum Gasteiger partial charge on any atom is 0.255 e. The molecule has 0 saturated carbocycles. The summed E-state index contributed by atoms with van der Waals surface area (Å²) >= 11 is 0. The van der Waals surface area contributed by atoms with E-state index >= 15 is 0 Å². The van der Waals surface area contributed by atoms with Gasteiger partial charge in [0.25, 0.3) is 5.91 Å². The molecule has 2 atom stereocenters. The molecule has 1 aromatic rings. The highest BCUT2D eigenvalue weighted by molar-refractivity contribution is 6.05. The van der Waals surface area contributed by atoms with Gasteiger partial charge in [-0.3, -0.25) is 19.7 Å². The van der Waals surface area contributed by atoms with Crippen LogP contribution in [0.1, 0.15) is 54.6 Å². The van der Waals surface area contributed by atoms with E-state index < -0.39 is 6.04 Å². The topological polar surface area (TPSA) is 90.5 Å². The van der Waals surface area contributed by atoms with Crippen LogP contribution in [-0.2, 0) is 22.7 Å². The molecule has 3 amide bonds. The second-order valence-electron chi connectivity index (χ2n) is 8.61. The molecular formula is C21H28N4O3. The Labute approximate surface area is 165 Å². The van der Waals surface area contributed by atoms with Crippen LogP contribution in [0, 0.1) is 5.92 Å². The summed E-state index contributed by atoms with van der Waals surface area (Å²) in [6, 6.07) is 5.22. The smallest absolute Gasteiger partial charge is 0.255 e. The third-order valence-corrected chi connectivity index (χ3v) is 6.49. The van der Waals surface area contributed by atoms with E-state index in [1.165, 1.54) is 0 Å². The van der Waals surface area contributed by atoms with Gasteiger partial charge < -0.3 is 15.5 Å². The van der Waals surface area contributed by atoms with Gasteiger partial charge >= 0.3 is 0 Å². The van der Waals surface area contributed by atoms with Crippen LogP contribution < -0.4 is 16.0 Å². The number of nitrogens with one attached hydrogen (secondary N) is 3. The molecule has 3 heterocycles. The minimum Gasteiger partial charge on any atom is -0.322 e. The minimum absolute atomic E-state index is 0.00184. The zero-order valence-electron chi connectivity index (χ0n) is 16.5. The van der Waals surface area contributed by atoms with Crippen LogP contribution in [0.3, 0.4) is 0 Å². The SMILES string of the molecule is CC(C)(NCc1cccc2c1CN(C1CCC(=O)NC1=O)C2=O)C1CCNC1. The largest absolute Gasteiger partial charge is 0.322 e. The average Bonchev–Trinajstić information content (AvgIpc) is 3.30. The quantitative estimate of drug-likeness (QED) is 0.657. The van der Waals surface area contributed by atoms with Gasteiger partial charge in [0, 0.05) is 30.6 Å². The van der Waals surface area contributed by atoms with E-state index in [0.29, 0.717) is 31.0 Å². The lowest BCUT2D eigenvalue weighted by Crippen LogP contribution is -2.52. The second-order valence-corrected chi connectivity index (χ2v) is 8.61. The van der Waals surface area contributed by atoms with E-state index in [0.717, 1.165) is 30.6 Å². The summed E-state index contributed by atoms with van der Waals surface area (Å²) < 4.78 is 0. The fourth-order valence-electron chi connectivity index (χ4n) is 4.55. The van der Waals surface area contributed by atoms with E-state index in [4.69, 9.17) is 0 Å². The fraction of sp³-hybridized carbons (Fsp3) is 0.571. The van der Waals surface area contributed by atoms with Gasteiger partial charge in [-0.1, -0.05) is 12.1 Å². The molecular weight excluding hydrogens is 356 g/mol. The van der Waals surface area contributed by atoms with Crippen molar-refractivity contribution in [1.82, 2.24) is 20.9 Å². The predicted molar refractivity (Wildman–Crippen MR) is 104 cm³/mol. The predicted octanol–water partition coefficient (Wildman–Crippen LogP) is 0.925. The highest BCUT2D eigenvalue weighted by atomic mass is 16.2. The van der Waals surface area contributed by atoms with Crippen molar-refractivity contribution in [2.24, 2.45) is 5.92 Å². The number of hydrogen-bond acceptors (Lipinski definition) is 5. The Morgan fingerprint density at radius 2 is 2.04 bits per heavy atom. The van der Waals surface area contributed by atoms with Crippen molar-refractivity contribution in [1.29, 1.82) is 0 Å². The Hall–Kier alpha value is -2.25. The number of imide groups is 1. The second kappa shape index (κ2) is 7.29. The van der Waals surface area contributed by atoms with Crippen LogP contribution in [0.25, 0.3) is 0 Å². The Kier molecular flexibility index (Phi) is 4.97. The molecule has 0 aliphatic carbocycles. The van der Waals surface area contributed by atoms with Gasteiger partial charge in [-0.05, 0) is 62.9 Å². The third kappa shape index (κ3) is 3.44. The number of piperidine rings is 1. The van der Waals surface area contributed by atoms with Crippen molar-refractivity contribution < 1.29 is 14.4 Å². The van der Waals surface area contributed by atoms with Crippen molar-refractivity contribution in [3.8, 4) is 0 Å². The molecule has 0 aromatic heterocycles. The summed E-state index contributed by atoms with van der Waals surface area (Å²) in [4.78, 5) is 38.2. The van der Waals surface area contributed by atoms with E-state index in [1.807, 2.05) is 12.1 Å². The van der Waals surface area contributed by atoms with E-state index in [-0.39, 0.29) is 29.7 Å². The first-order chi connectivity index (χ1) is 13.4. The normalized spacial score (nSPS) is 25.2. The van der Waals surface area contributed by atoms with E-state index in [2.05, 4.69) is 35.9 Å². The zero-order valence-corrected chi connectivity index (χ0v) is 16.5. The van der Waals surface area contributed by atoms with Gasteiger partial charge in [-0.25, -0.2) is 0 Å². The van der Waals surface area contributed by atoms with Crippen LogP contribution in [0.15, 0.2) is 18.2 Å². The molecule has 0 bridgehead atoms. The molecule has 0 radical (unpaired) electrons. The molecule has 0 spiro atoms. The van der Waals surface area contributed by atoms with E-state index in [1.54, 1.807) is 4.90 Å². The van der Waals surface area contributed by atoms with Crippen LogP contribution in [0.2, 0.25) is 0 Å². The summed E-state index contributed by atoms with van der Waals surface area (Å²) in [6.07, 6.45) is 1.82. The number of carbonyl (C=O) groups excluding carboxylic acids is 3. The van der Waals surface area contributed by atoms with Crippen LogP contribution >= 0.6 is 0 Å². The summed E-state index contributed by atoms with van der Waals surface area (Å²) in [5, 5.41) is 9.45. The molecule has 7 heteroatoms. The van der Waals surface area contributed by atoms with Crippen molar-refractivity contribution in [2.75, 3.05) is 13.1 Å². The molecule has 3 N–H and O–H groups in total. The molecule has 28 heavy (non-hydrogen) atoms. The number of carbonyl (C=O) groups is 3. The molecule has 2 unspecified atom stereocenters. The standard InChI is InChI=1S/C21H28N4O3/c1-21(2,14-8-9-22-11-14)23-10-13-4-3-5-15-16(13)12-25(20(15)28)17-6-7-18(26)24-19(17)27/h3-5,14,17,22-23H,6-12H2,1-2H3,(H,24,26,27). The number of rotatable bonds is 5. The molecule has 2 fully saturated rings. The van der Waals surface area contributed by atoms with Gasteiger partial charge in [-0.2, -0.15) is 0 Å². The maximum atomic E-state index is 12.9. The monoisotopic (exact) mass is 384 g/mol. The Morgan fingerprint density at radius 1 is 1.21 bits per heavy atom. The first-order valence-corrected chi connectivity index (χ1v) is 10.1. The lowest BCUT2D eigenvalue weighted by Gasteiger charge is -2.33. The fourth-order valence-corrected chi connectivity index (χ4v) is 4.55. The Bertz CT molecular complexity index is 814. The highest BCUT2D eigenvalue weighted by Gasteiger charge is 2.40. The molecule has 3 aliphatic heterocycles. The lowest BCUT2D eigenvalue weighted by molar-refractivity contribution is -0.136. The molecule has 7 nitrogen and oxygen atoms in total. The summed E-state index contributed by atoms with van der Waals surface area (Å²) in [5.74, 6) is -0.178. The van der Waals surface area contributed by atoms with Crippen LogP contribution in [-0.4, -0.2) is 47.3 Å². The Morgan fingerprint density at radius 3 is 2.75 bits per heavy atom. The van der Waals surface area contributed by atoms with Gasteiger partial charge in [-0.15, -0.1) is 0 Å². The number of fused-ring (bicyclic) bond motifs is 1. The minimum atomic E-state index is -0.570. The summed E-state index contributed by atoms with van der Waals surface area (Å²) in [5.41, 5.74) is 2.76. The highest BCUT2D eigenvalue weighted by Crippen LogP contribution is 2.30. The first-order valence-electron chi connectivity index (χ1n) is 10.1. The van der Waals surface area contributed by atoms with E-state index in [9.17, 15) is 14.4 Å². The van der Waals surface area contributed by atoms with Crippen molar-refractivity contribution >= 4 is 17.7 Å². The van der Waals surface area contributed by atoms with Gasteiger partial charge in [0.2, 0.25) is 11.8 Å². The molecule has 4 rings (SSSR count). The zero-order chi connectivity index (χ0) is 19.9. The first kappa shape index (κ1) is 19.1. The third-order valence-electron chi connectivity index (χ3n) is 6.49. The van der Waals surface area contributed by atoms with Gasteiger partial charge in [0.15, 0.2) is 0 Å².